The van der Waals surface area contributed by atoms with Gasteiger partial charge in [-0.15, -0.1) is 0 Å². The molecule has 35 heavy (non-hydrogen) atoms. The predicted octanol–water partition coefficient (Wildman–Crippen LogP) is 7.52. The maximum Gasteiger partial charge on any atom is 0.416 e. The van der Waals surface area contributed by atoms with Gasteiger partial charge >= 0.3 is 12.4 Å². The van der Waals surface area contributed by atoms with Crippen molar-refractivity contribution in [1.82, 2.24) is 10.3 Å². The summed E-state index contributed by atoms with van der Waals surface area (Å²) in [6, 6.07) is 16.9. The number of hydrogen-bond acceptors (Lipinski definition) is 2. The highest BCUT2D eigenvalue weighted by Crippen LogP contribution is 2.37. The molecule has 0 unspecified atom stereocenters. The molecule has 1 heterocycles. The van der Waals surface area contributed by atoms with E-state index in [0.717, 1.165) is 0 Å². The molecule has 0 aliphatic rings. The van der Waals surface area contributed by atoms with Crippen molar-refractivity contribution in [3.63, 3.8) is 0 Å². The van der Waals surface area contributed by atoms with E-state index in [1.165, 1.54) is 0 Å². The minimum atomic E-state index is -4.99. The van der Waals surface area contributed by atoms with Gasteiger partial charge in [0, 0.05) is 17.5 Å². The van der Waals surface area contributed by atoms with Gasteiger partial charge in [-0.3, -0.25) is 4.79 Å². The summed E-state index contributed by atoms with van der Waals surface area (Å²) in [6.07, 6.45) is -9.99. The Morgan fingerprint density at radius 2 is 1.40 bits per heavy atom. The molecule has 3 aromatic carbocycles. The van der Waals surface area contributed by atoms with E-state index in [0.29, 0.717) is 34.2 Å². The molecule has 1 N–H and O–H groups in total. The van der Waals surface area contributed by atoms with Crippen LogP contribution in [0.5, 0.6) is 0 Å². The Hall–Kier alpha value is -3.59. The molecule has 0 saturated carbocycles. The van der Waals surface area contributed by atoms with Gasteiger partial charge in [-0.05, 0) is 35.4 Å². The molecule has 1 aromatic heterocycles. The number of nitrogens with zero attached hydrogens (tertiary/aromatic N) is 1. The Morgan fingerprint density at radius 1 is 0.829 bits per heavy atom. The number of carbonyl (C=O) groups excluding carboxylic acids is 1. The fourth-order valence-electron chi connectivity index (χ4n) is 3.69. The number of pyridine rings is 1. The van der Waals surface area contributed by atoms with Crippen molar-refractivity contribution in [3.8, 4) is 11.1 Å². The number of hydrogen-bond donors (Lipinski definition) is 1. The smallest absolute Gasteiger partial charge is 0.348 e. The molecule has 0 saturated heterocycles. The molecule has 0 bridgehead atoms. The Labute approximate surface area is 200 Å². The van der Waals surface area contributed by atoms with Gasteiger partial charge in [-0.2, -0.15) is 26.3 Å². The molecule has 0 fully saturated rings. The van der Waals surface area contributed by atoms with Crippen molar-refractivity contribution in [3.05, 3.63) is 100 Å². The zero-order valence-corrected chi connectivity index (χ0v) is 18.4. The zero-order valence-electron chi connectivity index (χ0n) is 17.6. The molecule has 4 rings (SSSR count). The first kappa shape index (κ1) is 24.5. The summed E-state index contributed by atoms with van der Waals surface area (Å²) in [4.78, 5) is 17.4. The summed E-state index contributed by atoms with van der Waals surface area (Å²) >= 11 is 6.34. The Kier molecular flexibility index (Phi) is 6.46. The van der Waals surface area contributed by atoms with Crippen LogP contribution in [0.4, 0.5) is 26.3 Å². The summed E-state index contributed by atoms with van der Waals surface area (Å²) < 4.78 is 79.0. The Morgan fingerprint density at radius 3 is 2.00 bits per heavy atom. The third kappa shape index (κ3) is 5.24. The number of alkyl halides is 6. The molecular weight excluding hydrogens is 494 g/mol. The van der Waals surface area contributed by atoms with Crippen molar-refractivity contribution in [1.29, 1.82) is 0 Å². The molecule has 0 aliphatic heterocycles. The number of benzene rings is 3. The van der Waals surface area contributed by atoms with Crippen LogP contribution in [0.25, 0.3) is 22.0 Å². The normalized spacial score (nSPS) is 12.1. The van der Waals surface area contributed by atoms with Crippen LogP contribution in [0.2, 0.25) is 5.15 Å². The van der Waals surface area contributed by atoms with Gasteiger partial charge in [-0.25, -0.2) is 4.98 Å². The summed E-state index contributed by atoms with van der Waals surface area (Å²) in [5.74, 6) is -0.793. The second-order valence-electron chi connectivity index (χ2n) is 7.63. The third-order valence-corrected chi connectivity index (χ3v) is 5.51. The van der Waals surface area contributed by atoms with Crippen LogP contribution in [-0.2, 0) is 18.9 Å². The number of halogens is 7. The number of fused-ring (bicyclic) bond motifs is 1. The van der Waals surface area contributed by atoms with E-state index in [1.807, 2.05) is 0 Å². The number of aromatic nitrogens is 1. The second kappa shape index (κ2) is 9.22. The average molecular weight is 509 g/mol. The summed E-state index contributed by atoms with van der Waals surface area (Å²) in [7, 11) is 0. The van der Waals surface area contributed by atoms with Crippen LogP contribution < -0.4 is 5.32 Å². The van der Waals surface area contributed by atoms with Gasteiger partial charge in [0.15, 0.2) is 0 Å². The SMILES string of the molecule is O=C(NCc1cc(C(F)(F)F)cc(C(F)(F)F)c1)c1c(Cl)nc2ccccc2c1-c1ccccc1. The number of rotatable bonds is 4. The number of nitrogens with one attached hydrogen (secondary N) is 1. The first-order valence-corrected chi connectivity index (χ1v) is 10.5. The molecular formula is C25H15ClF6N2O. The first-order chi connectivity index (χ1) is 16.4. The van der Waals surface area contributed by atoms with Gasteiger partial charge in [-0.1, -0.05) is 60.1 Å². The van der Waals surface area contributed by atoms with E-state index in [9.17, 15) is 31.1 Å². The first-order valence-electron chi connectivity index (χ1n) is 10.2. The molecule has 180 valence electrons. The molecule has 0 radical (unpaired) electrons. The van der Waals surface area contributed by atoms with Gasteiger partial charge in [0.2, 0.25) is 0 Å². The minimum Gasteiger partial charge on any atom is -0.348 e. The largest absolute Gasteiger partial charge is 0.416 e. The molecule has 1 amide bonds. The lowest BCUT2D eigenvalue weighted by atomic mass is 9.96. The summed E-state index contributed by atoms with van der Waals surface area (Å²) in [5, 5.41) is 2.84. The summed E-state index contributed by atoms with van der Waals surface area (Å²) in [6.45, 7) is -0.594. The highest BCUT2D eigenvalue weighted by atomic mass is 35.5. The molecule has 4 aromatic rings. The van der Waals surface area contributed by atoms with E-state index in [4.69, 9.17) is 11.6 Å². The molecule has 10 heteroatoms. The predicted molar refractivity (Wildman–Crippen MR) is 120 cm³/mol. The topological polar surface area (TPSA) is 42.0 Å². The fraction of sp³-hybridized carbons (Fsp3) is 0.120. The minimum absolute atomic E-state index is 0.0307. The quantitative estimate of drug-likeness (QED) is 0.229. The molecule has 0 atom stereocenters. The molecule has 3 nitrogen and oxygen atoms in total. The number of amides is 1. The lowest BCUT2D eigenvalue weighted by Crippen LogP contribution is -2.25. The van der Waals surface area contributed by atoms with Crippen molar-refractivity contribution in [2.45, 2.75) is 18.9 Å². The summed E-state index contributed by atoms with van der Waals surface area (Å²) in [5.41, 5.74) is -1.75. The van der Waals surface area contributed by atoms with Gasteiger partial charge in [0.25, 0.3) is 5.91 Å². The van der Waals surface area contributed by atoms with E-state index < -0.39 is 35.9 Å². The van der Waals surface area contributed by atoms with E-state index in [-0.39, 0.29) is 22.3 Å². The maximum atomic E-state index is 13.2. The van der Waals surface area contributed by atoms with E-state index in [1.54, 1.807) is 54.6 Å². The van der Waals surface area contributed by atoms with Crippen LogP contribution in [0.15, 0.2) is 72.8 Å². The van der Waals surface area contributed by atoms with Crippen LogP contribution >= 0.6 is 11.6 Å². The van der Waals surface area contributed by atoms with Gasteiger partial charge in [0.1, 0.15) is 5.15 Å². The average Bonchev–Trinajstić information content (AvgIpc) is 2.81. The molecule has 0 aliphatic carbocycles. The van der Waals surface area contributed by atoms with Crippen molar-refractivity contribution < 1.29 is 31.1 Å². The standard InChI is InChI=1S/C25H15ClF6N2O/c26-22-21(20(15-6-2-1-3-7-15)18-8-4-5-9-19(18)34-22)23(35)33-13-14-10-16(24(27,28)29)12-17(11-14)25(30,31)32/h1-12H,13H2,(H,33,35). The van der Waals surface area contributed by atoms with Gasteiger partial charge in [0.05, 0.1) is 22.2 Å². The highest BCUT2D eigenvalue weighted by Gasteiger charge is 2.37. The lowest BCUT2D eigenvalue weighted by molar-refractivity contribution is -0.143. The van der Waals surface area contributed by atoms with Crippen LogP contribution in [0, 0.1) is 0 Å². The van der Waals surface area contributed by atoms with Crippen molar-refractivity contribution in [2.75, 3.05) is 0 Å². The Bertz CT molecular complexity index is 1370. The monoisotopic (exact) mass is 508 g/mol. The fourth-order valence-corrected chi connectivity index (χ4v) is 3.96. The Balaban J connectivity index is 1.75. The van der Waals surface area contributed by atoms with E-state index in [2.05, 4.69) is 10.3 Å². The van der Waals surface area contributed by atoms with Crippen molar-refractivity contribution in [2.24, 2.45) is 0 Å². The number of carbonyl (C=O) groups is 1. The zero-order chi connectivity index (χ0) is 25.4. The molecule has 0 spiro atoms. The van der Waals surface area contributed by atoms with Crippen LogP contribution in [0.3, 0.4) is 0 Å². The maximum absolute atomic E-state index is 13.2. The van der Waals surface area contributed by atoms with Crippen LogP contribution in [0.1, 0.15) is 27.0 Å². The number of para-hydroxylation sites is 1. The van der Waals surface area contributed by atoms with Gasteiger partial charge < -0.3 is 5.32 Å². The second-order valence-corrected chi connectivity index (χ2v) is 7.99. The van der Waals surface area contributed by atoms with Crippen LogP contribution in [-0.4, -0.2) is 10.9 Å². The highest BCUT2D eigenvalue weighted by molar-refractivity contribution is 6.34. The van der Waals surface area contributed by atoms with Crippen molar-refractivity contribution >= 4 is 28.4 Å². The third-order valence-electron chi connectivity index (χ3n) is 5.24. The van der Waals surface area contributed by atoms with E-state index >= 15 is 0 Å². The lowest BCUT2D eigenvalue weighted by Gasteiger charge is -2.16.